The summed E-state index contributed by atoms with van der Waals surface area (Å²) in [4.78, 5) is 16.3. The maximum atomic E-state index is 13.1. The van der Waals surface area contributed by atoms with Crippen molar-refractivity contribution in [3.05, 3.63) is 76.6 Å². The molecule has 0 aliphatic carbocycles. The molecule has 3 rings (SSSR count). The van der Waals surface area contributed by atoms with Crippen LogP contribution in [0.1, 0.15) is 16.1 Å². The Kier molecular flexibility index (Phi) is 5.14. The molecule has 7 heteroatoms. The molecule has 0 aliphatic heterocycles. The molecule has 1 N–H and O–H groups in total. The van der Waals surface area contributed by atoms with E-state index in [0.29, 0.717) is 13.0 Å². The van der Waals surface area contributed by atoms with Crippen LogP contribution in [0.3, 0.4) is 0 Å². The van der Waals surface area contributed by atoms with Crippen molar-refractivity contribution in [2.45, 2.75) is 6.42 Å². The molecule has 25 heavy (non-hydrogen) atoms. The van der Waals surface area contributed by atoms with Gasteiger partial charge in [-0.25, -0.2) is 18.2 Å². The lowest BCUT2D eigenvalue weighted by atomic mass is 10.2. The molecule has 0 saturated carbocycles. The van der Waals surface area contributed by atoms with Crippen LogP contribution < -0.4 is 5.32 Å². The molecule has 1 aromatic heterocycles. The van der Waals surface area contributed by atoms with Crippen molar-refractivity contribution in [3.8, 4) is 10.6 Å². The van der Waals surface area contributed by atoms with Crippen molar-refractivity contribution >= 4 is 17.2 Å². The molecule has 3 nitrogen and oxygen atoms in total. The van der Waals surface area contributed by atoms with Crippen molar-refractivity contribution in [2.75, 3.05) is 6.54 Å². The van der Waals surface area contributed by atoms with Gasteiger partial charge < -0.3 is 5.32 Å². The number of amides is 1. The van der Waals surface area contributed by atoms with Crippen LogP contribution in [0.5, 0.6) is 0 Å². The van der Waals surface area contributed by atoms with E-state index in [1.54, 1.807) is 12.1 Å². The minimum atomic E-state index is -1.06. The van der Waals surface area contributed by atoms with Crippen molar-refractivity contribution in [2.24, 2.45) is 0 Å². The van der Waals surface area contributed by atoms with E-state index in [4.69, 9.17) is 0 Å². The van der Waals surface area contributed by atoms with Gasteiger partial charge in [-0.05, 0) is 42.5 Å². The van der Waals surface area contributed by atoms with Gasteiger partial charge in [0.1, 0.15) is 10.8 Å². The van der Waals surface area contributed by atoms with Gasteiger partial charge >= 0.3 is 0 Å². The number of aromatic nitrogens is 1. The van der Waals surface area contributed by atoms with Gasteiger partial charge in [-0.15, -0.1) is 11.3 Å². The van der Waals surface area contributed by atoms with Crippen molar-refractivity contribution in [1.29, 1.82) is 0 Å². The van der Waals surface area contributed by atoms with Gasteiger partial charge in [-0.3, -0.25) is 4.79 Å². The van der Waals surface area contributed by atoms with E-state index in [9.17, 15) is 18.0 Å². The van der Waals surface area contributed by atoms with E-state index in [1.807, 2.05) is 5.38 Å². The highest BCUT2D eigenvalue weighted by atomic mass is 32.1. The van der Waals surface area contributed by atoms with Gasteiger partial charge in [-0.1, -0.05) is 0 Å². The van der Waals surface area contributed by atoms with Crippen LogP contribution in [0.25, 0.3) is 10.6 Å². The average molecular weight is 362 g/mol. The van der Waals surface area contributed by atoms with Crippen molar-refractivity contribution in [3.63, 3.8) is 0 Å². The van der Waals surface area contributed by atoms with Crippen LogP contribution in [0.4, 0.5) is 13.2 Å². The van der Waals surface area contributed by atoms with Crippen molar-refractivity contribution in [1.82, 2.24) is 10.3 Å². The molecular weight excluding hydrogens is 349 g/mol. The van der Waals surface area contributed by atoms with Gasteiger partial charge in [0.25, 0.3) is 5.91 Å². The Bertz CT molecular complexity index is 894. The number of carbonyl (C=O) groups excluding carboxylic acids is 1. The second-order valence-electron chi connectivity index (χ2n) is 5.29. The zero-order valence-electron chi connectivity index (χ0n) is 12.9. The highest BCUT2D eigenvalue weighted by molar-refractivity contribution is 7.13. The van der Waals surface area contributed by atoms with Crippen LogP contribution in [-0.4, -0.2) is 17.4 Å². The summed E-state index contributed by atoms with van der Waals surface area (Å²) in [7, 11) is 0. The molecule has 2 aromatic carbocycles. The molecule has 0 saturated heterocycles. The molecule has 0 unspecified atom stereocenters. The van der Waals surface area contributed by atoms with Gasteiger partial charge in [0, 0.05) is 29.5 Å². The Morgan fingerprint density at radius 1 is 1.04 bits per heavy atom. The number of carbonyl (C=O) groups is 1. The smallest absolute Gasteiger partial charge is 0.251 e. The first-order chi connectivity index (χ1) is 12.0. The lowest BCUT2D eigenvalue weighted by molar-refractivity contribution is 0.0953. The predicted octanol–water partition coefficient (Wildman–Crippen LogP) is 4.20. The number of nitrogens with one attached hydrogen (secondary N) is 1. The van der Waals surface area contributed by atoms with Gasteiger partial charge in [0.05, 0.1) is 5.69 Å². The summed E-state index contributed by atoms with van der Waals surface area (Å²) in [5.41, 5.74) is 1.67. The number of halogens is 3. The van der Waals surface area contributed by atoms with Crippen LogP contribution in [0, 0.1) is 17.5 Å². The van der Waals surface area contributed by atoms with Crippen molar-refractivity contribution < 1.29 is 18.0 Å². The standard InChI is InChI=1S/C18H13F3N2OS/c19-13-4-1-11(2-5-13)18-23-14(10-25-18)7-8-22-17(24)12-3-6-15(20)16(21)9-12/h1-6,9-10H,7-8H2,(H,22,24). The minimum Gasteiger partial charge on any atom is -0.352 e. The third-order valence-corrected chi connectivity index (χ3v) is 4.43. The molecule has 128 valence electrons. The SMILES string of the molecule is O=C(NCCc1csc(-c2ccc(F)cc2)n1)c1ccc(F)c(F)c1. The second-order valence-corrected chi connectivity index (χ2v) is 6.14. The Balaban J connectivity index is 1.56. The summed E-state index contributed by atoms with van der Waals surface area (Å²) >= 11 is 1.43. The van der Waals surface area contributed by atoms with Crippen LogP contribution in [0.15, 0.2) is 47.8 Å². The predicted molar refractivity (Wildman–Crippen MR) is 89.9 cm³/mol. The molecule has 0 atom stereocenters. The number of hydrogen-bond acceptors (Lipinski definition) is 3. The van der Waals surface area contributed by atoms with E-state index < -0.39 is 17.5 Å². The van der Waals surface area contributed by atoms with E-state index in [-0.39, 0.29) is 11.4 Å². The maximum absolute atomic E-state index is 13.1. The molecule has 0 radical (unpaired) electrons. The molecule has 0 fully saturated rings. The van der Waals surface area contributed by atoms with E-state index >= 15 is 0 Å². The molecule has 1 amide bonds. The molecule has 0 spiro atoms. The quantitative estimate of drug-likeness (QED) is 0.739. The molecule has 3 aromatic rings. The number of thiazole rings is 1. The van der Waals surface area contributed by atoms with Gasteiger partial charge in [-0.2, -0.15) is 0 Å². The zero-order chi connectivity index (χ0) is 17.8. The topological polar surface area (TPSA) is 42.0 Å². The lowest BCUT2D eigenvalue weighted by Crippen LogP contribution is -2.25. The van der Waals surface area contributed by atoms with Gasteiger partial charge in [0.15, 0.2) is 11.6 Å². The molecule has 1 heterocycles. The number of benzene rings is 2. The summed E-state index contributed by atoms with van der Waals surface area (Å²) in [6.45, 7) is 0.310. The molecule has 0 bridgehead atoms. The Labute approximate surface area is 146 Å². The van der Waals surface area contributed by atoms with E-state index in [2.05, 4.69) is 10.3 Å². The van der Waals surface area contributed by atoms with Crippen LogP contribution in [0.2, 0.25) is 0 Å². The highest BCUT2D eigenvalue weighted by Gasteiger charge is 2.10. The first-order valence-electron chi connectivity index (χ1n) is 7.46. The van der Waals surface area contributed by atoms with E-state index in [0.717, 1.165) is 28.4 Å². The fraction of sp³-hybridized carbons (Fsp3) is 0.111. The Morgan fingerprint density at radius 3 is 2.52 bits per heavy atom. The Morgan fingerprint density at radius 2 is 1.80 bits per heavy atom. The largest absolute Gasteiger partial charge is 0.352 e. The Hall–Kier alpha value is -2.67. The van der Waals surface area contributed by atoms with E-state index in [1.165, 1.54) is 29.5 Å². The zero-order valence-corrected chi connectivity index (χ0v) is 13.7. The fourth-order valence-corrected chi connectivity index (χ4v) is 3.05. The lowest BCUT2D eigenvalue weighted by Gasteiger charge is -2.04. The number of hydrogen-bond donors (Lipinski definition) is 1. The monoisotopic (exact) mass is 362 g/mol. The maximum Gasteiger partial charge on any atom is 0.251 e. The third-order valence-electron chi connectivity index (χ3n) is 3.49. The number of nitrogens with zero attached hydrogens (tertiary/aromatic N) is 1. The number of rotatable bonds is 5. The highest BCUT2D eigenvalue weighted by Crippen LogP contribution is 2.24. The normalized spacial score (nSPS) is 10.7. The van der Waals surface area contributed by atoms with Crippen LogP contribution >= 0.6 is 11.3 Å². The second kappa shape index (κ2) is 7.48. The molecule has 0 aliphatic rings. The fourth-order valence-electron chi connectivity index (χ4n) is 2.19. The third kappa shape index (κ3) is 4.24. The summed E-state index contributed by atoms with van der Waals surface area (Å²) in [6.07, 6.45) is 0.493. The first-order valence-corrected chi connectivity index (χ1v) is 8.34. The summed E-state index contributed by atoms with van der Waals surface area (Å²) in [6, 6.07) is 9.06. The van der Waals surface area contributed by atoms with Gasteiger partial charge in [0.2, 0.25) is 0 Å². The summed E-state index contributed by atoms with van der Waals surface area (Å²) in [5.74, 6) is -2.84. The first kappa shape index (κ1) is 17.2. The minimum absolute atomic E-state index is 0.0594. The summed E-state index contributed by atoms with van der Waals surface area (Å²) in [5, 5.41) is 5.27. The van der Waals surface area contributed by atoms with Crippen LogP contribution in [-0.2, 0) is 6.42 Å². The average Bonchev–Trinajstić information content (AvgIpc) is 3.06. The summed E-state index contributed by atoms with van der Waals surface area (Å²) < 4.78 is 38.9. The molecular formula is C18H13F3N2OS.